The number of anilines is 2. The first-order valence-electron chi connectivity index (χ1n) is 14.1. The molecule has 0 bridgehead atoms. The van der Waals surface area contributed by atoms with Gasteiger partial charge in [-0.2, -0.15) is 0 Å². The van der Waals surface area contributed by atoms with Gasteiger partial charge in [0.05, 0.1) is 13.2 Å². The Morgan fingerprint density at radius 1 is 0.900 bits per heavy atom. The van der Waals surface area contributed by atoms with Crippen molar-refractivity contribution < 1.29 is 9.53 Å². The molecular weight excluding hydrogens is 500 g/mol. The normalized spacial score (nSPS) is 18.7. The van der Waals surface area contributed by atoms with Gasteiger partial charge in [-0.1, -0.05) is 54.6 Å². The molecule has 1 atom stereocenters. The van der Waals surface area contributed by atoms with Crippen molar-refractivity contribution in [2.24, 2.45) is 17.6 Å². The molecule has 1 unspecified atom stereocenters. The number of hydrogen-bond acceptors (Lipinski definition) is 5. The van der Waals surface area contributed by atoms with Crippen LogP contribution in [0.15, 0.2) is 78.9 Å². The maximum absolute atomic E-state index is 13.8. The first kappa shape index (κ1) is 27.7. The number of ether oxygens (including phenoxy) is 1. The average Bonchev–Trinajstić information content (AvgIpc) is 2.96. The SMILES string of the molecule is N=C(N)c1cccc(N2CC(COCc3ccccc3)CN(CC3CCN(Cc4cccc(N)c4)CC3)C2=O)c1. The molecule has 0 aromatic heterocycles. The number of amidine groups is 1. The Morgan fingerprint density at radius 2 is 1.65 bits per heavy atom. The minimum absolute atomic E-state index is 0.00384. The second kappa shape index (κ2) is 13.0. The van der Waals surface area contributed by atoms with Crippen molar-refractivity contribution in [3.05, 3.63) is 95.6 Å². The molecule has 0 aliphatic carbocycles. The lowest BCUT2D eigenvalue weighted by atomic mass is 9.94. The highest BCUT2D eigenvalue weighted by Crippen LogP contribution is 2.27. The van der Waals surface area contributed by atoms with Crippen LogP contribution in [-0.4, -0.2) is 61.0 Å². The van der Waals surface area contributed by atoms with E-state index in [0.717, 1.165) is 56.0 Å². The Bertz CT molecular complexity index is 1290. The third-order valence-corrected chi connectivity index (χ3v) is 7.90. The van der Waals surface area contributed by atoms with Gasteiger partial charge in [0.2, 0.25) is 0 Å². The third kappa shape index (κ3) is 7.20. The molecule has 3 aromatic carbocycles. The van der Waals surface area contributed by atoms with E-state index < -0.39 is 0 Å². The Kier molecular flexibility index (Phi) is 8.98. The molecule has 8 nitrogen and oxygen atoms in total. The van der Waals surface area contributed by atoms with Crippen molar-refractivity contribution in [2.45, 2.75) is 26.0 Å². The zero-order valence-corrected chi connectivity index (χ0v) is 23.0. The van der Waals surface area contributed by atoms with Crippen molar-refractivity contribution in [1.82, 2.24) is 9.80 Å². The van der Waals surface area contributed by atoms with Crippen molar-refractivity contribution >= 4 is 23.2 Å². The van der Waals surface area contributed by atoms with E-state index in [-0.39, 0.29) is 17.8 Å². The number of rotatable bonds is 10. The van der Waals surface area contributed by atoms with Crippen molar-refractivity contribution in [1.29, 1.82) is 5.41 Å². The molecule has 2 aliphatic heterocycles. The maximum Gasteiger partial charge on any atom is 0.324 e. The summed E-state index contributed by atoms with van der Waals surface area (Å²) in [5.41, 5.74) is 16.3. The van der Waals surface area contributed by atoms with Crippen LogP contribution in [-0.2, 0) is 17.9 Å². The number of likely N-dealkylation sites (tertiary alicyclic amines) is 1. The standard InChI is InChI=1S/C32H40N6O2/c33-29-10-4-8-26(16-29)18-36-14-12-24(13-15-36)19-37-20-27(23-40-22-25-6-2-1-3-7-25)21-38(32(37)39)30-11-5-9-28(17-30)31(34)35/h1-11,16-17,24,27H,12-15,18-23,33H2,(H3,34,35). The molecule has 2 amide bonds. The van der Waals surface area contributed by atoms with E-state index in [0.29, 0.717) is 37.8 Å². The number of nitrogen functional groups attached to an aromatic ring is 2. The highest BCUT2D eigenvalue weighted by Gasteiger charge is 2.35. The average molecular weight is 541 g/mol. The van der Waals surface area contributed by atoms with Gasteiger partial charge < -0.3 is 21.1 Å². The third-order valence-electron chi connectivity index (χ3n) is 7.90. The molecule has 3 aromatic rings. The number of amides is 2. The second-order valence-electron chi connectivity index (χ2n) is 11.1. The quantitative estimate of drug-likeness (QED) is 0.199. The molecule has 2 saturated heterocycles. The molecule has 5 rings (SSSR count). The number of nitrogens with two attached hydrogens (primary N) is 2. The number of piperidine rings is 1. The van der Waals surface area contributed by atoms with E-state index >= 15 is 0 Å². The molecule has 40 heavy (non-hydrogen) atoms. The zero-order chi connectivity index (χ0) is 27.9. The van der Waals surface area contributed by atoms with Gasteiger partial charge >= 0.3 is 6.03 Å². The molecule has 0 saturated carbocycles. The van der Waals surface area contributed by atoms with Crippen LogP contribution in [0, 0.1) is 17.2 Å². The molecule has 2 heterocycles. The first-order valence-corrected chi connectivity index (χ1v) is 14.1. The molecular formula is C32H40N6O2. The number of benzene rings is 3. The van der Waals surface area contributed by atoms with Gasteiger partial charge in [-0.15, -0.1) is 0 Å². The lowest BCUT2D eigenvalue weighted by Crippen LogP contribution is -2.56. The predicted molar refractivity (Wildman–Crippen MR) is 160 cm³/mol. The minimum Gasteiger partial charge on any atom is -0.399 e. The lowest BCUT2D eigenvalue weighted by molar-refractivity contribution is 0.0643. The molecule has 8 heteroatoms. The number of urea groups is 1. The molecule has 5 N–H and O–H groups in total. The van der Waals surface area contributed by atoms with E-state index in [4.69, 9.17) is 21.6 Å². The molecule has 0 radical (unpaired) electrons. The molecule has 210 valence electrons. The first-order chi connectivity index (χ1) is 19.4. The summed E-state index contributed by atoms with van der Waals surface area (Å²) in [5.74, 6) is 0.623. The fraction of sp³-hybridized carbons (Fsp3) is 0.375. The monoisotopic (exact) mass is 540 g/mol. The Morgan fingerprint density at radius 3 is 2.40 bits per heavy atom. The molecule has 0 spiro atoms. The summed E-state index contributed by atoms with van der Waals surface area (Å²) in [5, 5.41) is 7.85. The van der Waals surface area contributed by atoms with Gasteiger partial charge in [-0.25, -0.2) is 4.79 Å². The summed E-state index contributed by atoms with van der Waals surface area (Å²) in [6.07, 6.45) is 2.11. The van der Waals surface area contributed by atoms with Crippen LogP contribution in [0.25, 0.3) is 0 Å². The summed E-state index contributed by atoms with van der Waals surface area (Å²) in [6, 6.07) is 25.7. The number of carbonyl (C=O) groups excluding carboxylic acids is 1. The zero-order valence-electron chi connectivity index (χ0n) is 23.0. The van der Waals surface area contributed by atoms with Gasteiger partial charge in [0.25, 0.3) is 0 Å². The van der Waals surface area contributed by atoms with Crippen LogP contribution in [0.5, 0.6) is 0 Å². The summed E-state index contributed by atoms with van der Waals surface area (Å²) in [7, 11) is 0. The lowest BCUT2D eigenvalue weighted by Gasteiger charge is -2.42. The van der Waals surface area contributed by atoms with Gasteiger partial charge in [-0.05, 0) is 67.2 Å². The topological polar surface area (TPSA) is 112 Å². The highest BCUT2D eigenvalue weighted by molar-refractivity contribution is 5.98. The van der Waals surface area contributed by atoms with E-state index in [1.54, 1.807) is 6.07 Å². The fourth-order valence-corrected chi connectivity index (χ4v) is 5.78. The van der Waals surface area contributed by atoms with Crippen LogP contribution in [0.1, 0.15) is 29.5 Å². The fourth-order valence-electron chi connectivity index (χ4n) is 5.78. The van der Waals surface area contributed by atoms with Crippen LogP contribution in [0.3, 0.4) is 0 Å². The Hall–Kier alpha value is -3.88. The van der Waals surface area contributed by atoms with Crippen LogP contribution < -0.4 is 16.4 Å². The van der Waals surface area contributed by atoms with E-state index in [9.17, 15) is 4.79 Å². The van der Waals surface area contributed by atoms with Crippen LogP contribution in [0.2, 0.25) is 0 Å². The number of nitrogens with zero attached hydrogens (tertiary/aromatic N) is 3. The summed E-state index contributed by atoms with van der Waals surface area (Å²) in [6.45, 7) is 6.04. The van der Waals surface area contributed by atoms with E-state index in [1.165, 1.54) is 5.56 Å². The second-order valence-corrected chi connectivity index (χ2v) is 11.1. The smallest absolute Gasteiger partial charge is 0.324 e. The highest BCUT2D eigenvalue weighted by atomic mass is 16.5. The minimum atomic E-state index is -0.00384. The van der Waals surface area contributed by atoms with Crippen LogP contribution >= 0.6 is 0 Å². The summed E-state index contributed by atoms with van der Waals surface area (Å²) < 4.78 is 6.12. The maximum atomic E-state index is 13.8. The number of nitrogens with one attached hydrogen (secondary N) is 1. The van der Waals surface area contributed by atoms with Crippen molar-refractivity contribution in [3.8, 4) is 0 Å². The van der Waals surface area contributed by atoms with Gasteiger partial charge in [0, 0.05) is 49.0 Å². The number of hydrogen-bond donors (Lipinski definition) is 3. The van der Waals surface area contributed by atoms with Gasteiger partial charge in [-0.3, -0.25) is 15.2 Å². The van der Waals surface area contributed by atoms with Crippen molar-refractivity contribution in [3.63, 3.8) is 0 Å². The molecule has 2 aliphatic rings. The Labute approximate surface area is 237 Å². The number of carbonyl (C=O) groups is 1. The predicted octanol–water partition coefficient (Wildman–Crippen LogP) is 4.54. The van der Waals surface area contributed by atoms with Crippen LogP contribution in [0.4, 0.5) is 16.2 Å². The van der Waals surface area contributed by atoms with E-state index in [2.05, 4.69) is 23.1 Å². The van der Waals surface area contributed by atoms with Gasteiger partial charge in [0.15, 0.2) is 0 Å². The Balaban J connectivity index is 1.23. The molecule has 2 fully saturated rings. The summed E-state index contributed by atoms with van der Waals surface area (Å²) >= 11 is 0. The largest absolute Gasteiger partial charge is 0.399 e. The summed E-state index contributed by atoms with van der Waals surface area (Å²) in [4.78, 5) is 20.1. The van der Waals surface area contributed by atoms with Crippen molar-refractivity contribution in [2.75, 3.05) is 50.0 Å². The van der Waals surface area contributed by atoms with Gasteiger partial charge in [0.1, 0.15) is 5.84 Å². The van der Waals surface area contributed by atoms with E-state index in [1.807, 2.05) is 64.4 Å².